The van der Waals surface area contributed by atoms with E-state index in [1.54, 1.807) is 27.9 Å². The molecule has 0 bridgehead atoms. The Morgan fingerprint density at radius 3 is 1.77 bits per heavy atom. The van der Waals surface area contributed by atoms with Gasteiger partial charge in [0.1, 0.15) is 19.7 Å². The number of likely N-dealkylation sites (N-methyl/N-ethyl adjacent to an activating group) is 1. The first kappa shape index (κ1) is 22.1. The summed E-state index contributed by atoms with van der Waals surface area (Å²) in [6.45, 7) is 10.4. The lowest BCUT2D eigenvalue weighted by molar-refractivity contribution is -0.884. The number of carboxylic acid groups (broad SMARTS) is 1. The molecule has 22 heavy (non-hydrogen) atoms. The third kappa shape index (κ3) is 12.9. The molecule has 0 aromatic rings. The second kappa shape index (κ2) is 10.6. The first-order valence-corrected chi connectivity index (χ1v) is 6.51. The van der Waals surface area contributed by atoms with E-state index in [0.29, 0.717) is 17.7 Å². The van der Waals surface area contributed by atoms with Gasteiger partial charge in [-0.2, -0.15) is 0 Å². The van der Waals surface area contributed by atoms with Gasteiger partial charge in [0.2, 0.25) is 0 Å². The van der Waals surface area contributed by atoms with Gasteiger partial charge in [0.05, 0.1) is 27.2 Å². The van der Waals surface area contributed by atoms with Crippen LogP contribution in [0.15, 0.2) is 24.3 Å². The Balaban J connectivity index is 0. The van der Waals surface area contributed by atoms with Crippen molar-refractivity contribution in [2.24, 2.45) is 0 Å². The predicted molar refractivity (Wildman–Crippen MR) is 79.5 cm³/mol. The van der Waals surface area contributed by atoms with Crippen molar-refractivity contribution < 1.29 is 33.4 Å². The van der Waals surface area contributed by atoms with Gasteiger partial charge < -0.3 is 23.9 Å². The van der Waals surface area contributed by atoms with Crippen LogP contribution in [-0.4, -0.2) is 63.3 Å². The van der Waals surface area contributed by atoms with Gasteiger partial charge in [0.25, 0.3) is 0 Å². The highest BCUT2D eigenvalue weighted by Gasteiger charge is 2.16. The molecule has 0 aliphatic carbocycles. The van der Waals surface area contributed by atoms with Gasteiger partial charge in [-0.1, -0.05) is 13.2 Å². The molecule has 0 amide bonds. The molecule has 0 atom stereocenters. The first-order valence-electron chi connectivity index (χ1n) is 6.51. The molecule has 0 aliphatic rings. The number of quaternary nitrogens is 1. The smallest absolute Gasteiger partial charge is 0.333 e. The number of nitrogens with zero attached hydrogens (tertiary/aromatic N) is 1. The Bertz CT molecular complexity index is 439. The van der Waals surface area contributed by atoms with Gasteiger partial charge in [-0.05, 0) is 13.8 Å². The fourth-order valence-corrected chi connectivity index (χ4v) is 1.11. The summed E-state index contributed by atoms with van der Waals surface area (Å²) in [5, 5.41) is 10.4. The molecule has 0 saturated carbocycles. The van der Waals surface area contributed by atoms with Gasteiger partial charge in [0.15, 0.2) is 0 Å². The maximum absolute atomic E-state index is 11.0. The molecule has 0 aromatic heterocycles. The zero-order valence-electron chi connectivity index (χ0n) is 13.9. The number of carbonyl (C=O) groups is 3. The number of aliphatic carboxylic acids is 1. The molecule has 0 saturated heterocycles. The minimum absolute atomic E-state index is 0.107. The zero-order chi connectivity index (χ0) is 17.9. The van der Waals surface area contributed by atoms with Gasteiger partial charge >= 0.3 is 11.9 Å². The average molecular weight is 315 g/mol. The number of carbonyl (C=O) groups excluding carboxylic acids is 3. The number of rotatable bonds is 7. The van der Waals surface area contributed by atoms with Crippen LogP contribution in [0, 0.1) is 0 Å². The normalized spacial score (nSPS) is 9.86. The summed E-state index contributed by atoms with van der Waals surface area (Å²) in [5.41, 5.74) is 0.766. The summed E-state index contributed by atoms with van der Waals surface area (Å²) in [4.78, 5) is 31.6. The Hall–Kier alpha value is -2.15. The van der Waals surface area contributed by atoms with E-state index in [1.165, 1.54) is 7.11 Å². The molecule has 126 valence electrons. The third-order valence-corrected chi connectivity index (χ3v) is 2.37. The fraction of sp³-hybridized carbons (Fsp3) is 0.533. The second-order valence-electron chi connectivity index (χ2n) is 5.38. The van der Waals surface area contributed by atoms with Crippen LogP contribution in [-0.2, 0) is 23.9 Å². The van der Waals surface area contributed by atoms with Crippen LogP contribution in [0.3, 0.4) is 0 Å². The van der Waals surface area contributed by atoms with Crippen molar-refractivity contribution in [3.05, 3.63) is 24.3 Å². The minimum Gasteiger partial charge on any atom is -0.544 e. The second-order valence-corrected chi connectivity index (χ2v) is 5.38. The number of ether oxygens (including phenoxy) is 2. The van der Waals surface area contributed by atoms with Crippen molar-refractivity contribution in [1.29, 1.82) is 0 Å². The molecule has 0 aliphatic heterocycles. The standard InChI is InChI=1S/C10H17NO4.C5H8O2/c1-8(2)10(14)15-6-5-11(3,4)7-9(12)13;1-4(2)5(6)7-3/h1,5-7H2,2-4H3;1H2,2-3H3. The summed E-state index contributed by atoms with van der Waals surface area (Å²) < 4.78 is 9.34. The van der Waals surface area contributed by atoms with Crippen LogP contribution < -0.4 is 5.11 Å². The predicted octanol–water partition coefficient (Wildman–Crippen LogP) is -0.332. The summed E-state index contributed by atoms with van der Waals surface area (Å²) in [6, 6.07) is 0. The van der Waals surface area contributed by atoms with Crippen LogP contribution >= 0.6 is 0 Å². The average Bonchev–Trinajstić information content (AvgIpc) is 2.36. The molecule has 0 rings (SSSR count). The largest absolute Gasteiger partial charge is 0.544 e. The van der Waals surface area contributed by atoms with E-state index in [2.05, 4.69) is 17.9 Å². The van der Waals surface area contributed by atoms with E-state index in [9.17, 15) is 19.5 Å². The van der Waals surface area contributed by atoms with Gasteiger partial charge in [0, 0.05) is 11.1 Å². The Kier molecular flexibility index (Phi) is 10.6. The molecule has 7 heteroatoms. The van der Waals surface area contributed by atoms with E-state index >= 15 is 0 Å². The summed E-state index contributed by atoms with van der Waals surface area (Å²) in [7, 11) is 4.78. The number of carboxylic acids is 1. The van der Waals surface area contributed by atoms with Crippen molar-refractivity contribution in [2.75, 3.05) is 40.9 Å². The topological polar surface area (TPSA) is 92.7 Å². The van der Waals surface area contributed by atoms with Gasteiger partial charge in [-0.15, -0.1) is 0 Å². The molecule has 0 aromatic carbocycles. The maximum atomic E-state index is 11.0. The lowest BCUT2D eigenvalue weighted by Gasteiger charge is -2.29. The summed E-state index contributed by atoms with van der Waals surface area (Å²) in [5.74, 6) is -1.92. The third-order valence-electron chi connectivity index (χ3n) is 2.37. The van der Waals surface area contributed by atoms with Crippen LogP contribution in [0.5, 0.6) is 0 Å². The molecule has 0 unspecified atom stereocenters. The molecule has 0 fully saturated rings. The first-order chi connectivity index (χ1) is 9.92. The molecule has 7 nitrogen and oxygen atoms in total. The Morgan fingerprint density at radius 1 is 1.05 bits per heavy atom. The number of hydrogen-bond acceptors (Lipinski definition) is 6. The van der Waals surface area contributed by atoms with E-state index in [4.69, 9.17) is 4.74 Å². The highest BCUT2D eigenvalue weighted by atomic mass is 16.5. The number of esters is 2. The minimum atomic E-state index is -1.12. The highest BCUT2D eigenvalue weighted by molar-refractivity contribution is 5.87. The van der Waals surface area contributed by atoms with Crippen LogP contribution in [0.1, 0.15) is 13.8 Å². The lowest BCUT2D eigenvalue weighted by Crippen LogP contribution is -2.50. The van der Waals surface area contributed by atoms with Crippen molar-refractivity contribution in [2.45, 2.75) is 13.8 Å². The van der Waals surface area contributed by atoms with E-state index in [0.717, 1.165) is 0 Å². The molecule has 0 radical (unpaired) electrons. The molecular formula is C15H25NO6. The van der Waals surface area contributed by atoms with Crippen molar-refractivity contribution in [3.63, 3.8) is 0 Å². The Labute approximate surface area is 131 Å². The summed E-state index contributed by atoms with van der Waals surface area (Å²) >= 11 is 0. The van der Waals surface area contributed by atoms with Gasteiger partial charge in [-0.25, -0.2) is 9.59 Å². The molecular weight excluding hydrogens is 290 g/mol. The monoisotopic (exact) mass is 315 g/mol. The van der Waals surface area contributed by atoms with E-state index in [-0.39, 0.29) is 23.6 Å². The number of hydrogen-bond donors (Lipinski definition) is 0. The number of methoxy groups -OCH3 is 1. The van der Waals surface area contributed by atoms with Crippen molar-refractivity contribution in [3.8, 4) is 0 Å². The van der Waals surface area contributed by atoms with Crippen molar-refractivity contribution >= 4 is 17.9 Å². The van der Waals surface area contributed by atoms with Gasteiger partial charge in [-0.3, -0.25) is 0 Å². The van der Waals surface area contributed by atoms with E-state index < -0.39 is 11.9 Å². The molecule has 0 heterocycles. The quantitative estimate of drug-likeness (QED) is 0.363. The highest BCUT2D eigenvalue weighted by Crippen LogP contribution is 1.97. The van der Waals surface area contributed by atoms with Crippen LogP contribution in [0.2, 0.25) is 0 Å². The maximum Gasteiger partial charge on any atom is 0.333 e. The zero-order valence-corrected chi connectivity index (χ0v) is 13.9. The fourth-order valence-electron chi connectivity index (χ4n) is 1.11. The SMILES string of the molecule is C=C(C)C(=O)OC.C=C(C)C(=O)OCC[N+](C)(C)CC(=O)[O-]. The van der Waals surface area contributed by atoms with Crippen molar-refractivity contribution in [1.82, 2.24) is 0 Å². The lowest BCUT2D eigenvalue weighted by atomic mass is 10.4. The van der Waals surface area contributed by atoms with E-state index in [1.807, 2.05) is 0 Å². The molecule has 0 spiro atoms. The van der Waals surface area contributed by atoms with Crippen LogP contribution in [0.4, 0.5) is 0 Å². The molecule has 0 N–H and O–H groups in total. The summed E-state index contributed by atoms with van der Waals surface area (Å²) in [6.07, 6.45) is 0. The van der Waals surface area contributed by atoms with Crippen LogP contribution in [0.25, 0.3) is 0 Å². The Morgan fingerprint density at radius 2 is 1.50 bits per heavy atom.